The molecular formula is C16H16N6O. The van der Waals surface area contributed by atoms with E-state index >= 15 is 0 Å². The Balaban J connectivity index is 1.51. The molecule has 23 heavy (non-hydrogen) atoms. The summed E-state index contributed by atoms with van der Waals surface area (Å²) in [6, 6.07) is 7.86. The number of fused-ring (bicyclic) bond motifs is 2. The van der Waals surface area contributed by atoms with E-state index in [4.69, 9.17) is 15.1 Å². The van der Waals surface area contributed by atoms with Crippen molar-refractivity contribution in [3.63, 3.8) is 0 Å². The third-order valence-corrected chi connectivity index (χ3v) is 4.48. The van der Waals surface area contributed by atoms with Gasteiger partial charge in [-0.3, -0.25) is 5.10 Å². The number of anilines is 2. The van der Waals surface area contributed by atoms with E-state index < -0.39 is 5.66 Å². The van der Waals surface area contributed by atoms with Crippen LogP contribution in [0.2, 0.25) is 0 Å². The monoisotopic (exact) mass is 308 g/mol. The van der Waals surface area contributed by atoms with E-state index in [-0.39, 0.29) is 0 Å². The van der Waals surface area contributed by atoms with Crippen molar-refractivity contribution in [3.05, 3.63) is 42.5 Å². The number of rotatable bonds is 2. The van der Waals surface area contributed by atoms with Gasteiger partial charge in [-0.2, -0.15) is 5.10 Å². The highest BCUT2D eigenvalue weighted by molar-refractivity contribution is 6.06. The largest absolute Gasteiger partial charge is 0.463 e. The number of aromatic amines is 1. The first kappa shape index (κ1) is 12.7. The summed E-state index contributed by atoms with van der Waals surface area (Å²) in [5.41, 5.74) is 8.58. The molecule has 2 aliphatic rings. The summed E-state index contributed by atoms with van der Waals surface area (Å²) in [6.45, 7) is 0. The molecule has 2 aromatic heterocycles. The Morgan fingerprint density at radius 3 is 3.09 bits per heavy atom. The van der Waals surface area contributed by atoms with Gasteiger partial charge in [-0.05, 0) is 31.0 Å². The summed E-state index contributed by atoms with van der Waals surface area (Å²) < 4.78 is 5.58. The van der Waals surface area contributed by atoms with Crippen LogP contribution in [0.15, 0.2) is 46.1 Å². The predicted molar refractivity (Wildman–Crippen MR) is 88.1 cm³/mol. The Morgan fingerprint density at radius 1 is 1.30 bits per heavy atom. The van der Waals surface area contributed by atoms with E-state index in [9.17, 15) is 0 Å². The summed E-state index contributed by atoms with van der Waals surface area (Å²) in [5, 5.41) is 14.6. The van der Waals surface area contributed by atoms with Crippen LogP contribution >= 0.6 is 0 Å². The van der Waals surface area contributed by atoms with Gasteiger partial charge in [0.25, 0.3) is 0 Å². The third-order valence-electron chi connectivity index (χ3n) is 4.48. The summed E-state index contributed by atoms with van der Waals surface area (Å²) in [4.78, 5) is 4.71. The summed E-state index contributed by atoms with van der Waals surface area (Å²) in [6.07, 6.45) is 5.60. The Bertz CT molecular complexity index is 921. The highest BCUT2D eigenvalue weighted by atomic mass is 16.3. The molecule has 5 N–H and O–H groups in total. The summed E-state index contributed by atoms with van der Waals surface area (Å²) in [7, 11) is 0. The van der Waals surface area contributed by atoms with E-state index in [0.29, 0.717) is 11.9 Å². The summed E-state index contributed by atoms with van der Waals surface area (Å²) in [5.74, 6) is 1.69. The fourth-order valence-corrected chi connectivity index (χ4v) is 3.13. The van der Waals surface area contributed by atoms with Gasteiger partial charge in [0, 0.05) is 23.1 Å². The molecule has 7 nitrogen and oxygen atoms in total. The molecule has 7 heteroatoms. The number of hydrogen-bond acceptors (Lipinski definition) is 6. The molecule has 1 atom stereocenters. The first-order valence-electron chi connectivity index (χ1n) is 7.66. The maximum Gasteiger partial charge on any atom is 0.202 e. The van der Waals surface area contributed by atoms with Crippen molar-refractivity contribution in [3.8, 4) is 0 Å². The highest BCUT2D eigenvalue weighted by Crippen LogP contribution is 2.48. The fraction of sp³-hybridized carbons (Fsp3) is 0.250. The lowest BCUT2D eigenvalue weighted by Gasteiger charge is -2.30. The third kappa shape index (κ3) is 1.93. The molecule has 0 saturated heterocycles. The second-order valence-corrected chi connectivity index (χ2v) is 6.15. The topological polar surface area (TPSA) is 104 Å². The first-order valence-corrected chi connectivity index (χ1v) is 7.66. The van der Waals surface area contributed by atoms with Gasteiger partial charge in [0.2, 0.25) is 5.96 Å². The molecule has 5 rings (SSSR count). The van der Waals surface area contributed by atoms with Gasteiger partial charge in [-0.25, -0.2) is 4.99 Å². The average molecular weight is 308 g/mol. The van der Waals surface area contributed by atoms with Crippen LogP contribution in [0.4, 0.5) is 11.4 Å². The van der Waals surface area contributed by atoms with Gasteiger partial charge in [-0.15, -0.1) is 0 Å². The van der Waals surface area contributed by atoms with Crippen LogP contribution in [0, 0.1) is 5.92 Å². The molecule has 1 saturated carbocycles. The number of guanidine groups is 1. The lowest BCUT2D eigenvalue weighted by Crippen LogP contribution is -2.44. The van der Waals surface area contributed by atoms with Crippen LogP contribution in [0.5, 0.6) is 0 Å². The van der Waals surface area contributed by atoms with Crippen molar-refractivity contribution in [2.45, 2.75) is 18.5 Å². The maximum atomic E-state index is 6.56. The number of nitrogens with two attached hydrogens (primary N) is 1. The van der Waals surface area contributed by atoms with E-state index in [1.165, 1.54) is 0 Å². The molecule has 0 radical (unpaired) electrons. The zero-order chi connectivity index (χ0) is 15.4. The standard InChI is InChI=1S/C16H16N6O/c17-16(10-1-2-10)14-13(5-6-23-14)20-15(21-16)19-11-3-4-12-9(7-11)8-18-22-12/h3-8,10H,1-2,17H2,(H,18,22)(H2,19,20,21). The second-order valence-electron chi connectivity index (χ2n) is 6.15. The van der Waals surface area contributed by atoms with Crippen molar-refractivity contribution in [2.24, 2.45) is 16.6 Å². The van der Waals surface area contributed by atoms with Crippen LogP contribution in [-0.4, -0.2) is 16.2 Å². The van der Waals surface area contributed by atoms with Crippen LogP contribution < -0.4 is 16.4 Å². The maximum absolute atomic E-state index is 6.56. The van der Waals surface area contributed by atoms with Crippen molar-refractivity contribution >= 4 is 28.2 Å². The molecule has 1 fully saturated rings. The average Bonchev–Trinajstić information content (AvgIpc) is 3.12. The van der Waals surface area contributed by atoms with Crippen molar-refractivity contribution in [1.82, 2.24) is 10.2 Å². The van der Waals surface area contributed by atoms with Gasteiger partial charge in [0.05, 0.1) is 23.7 Å². The van der Waals surface area contributed by atoms with E-state index in [0.717, 1.165) is 40.9 Å². The highest BCUT2D eigenvalue weighted by Gasteiger charge is 2.49. The first-order chi connectivity index (χ1) is 11.2. The van der Waals surface area contributed by atoms with Crippen molar-refractivity contribution in [1.29, 1.82) is 0 Å². The lowest BCUT2D eigenvalue weighted by atomic mass is 10.0. The zero-order valence-electron chi connectivity index (χ0n) is 12.3. The number of hydrogen-bond donors (Lipinski definition) is 4. The van der Waals surface area contributed by atoms with Gasteiger partial charge in [-0.1, -0.05) is 0 Å². The number of H-pyrrole nitrogens is 1. The molecule has 0 bridgehead atoms. The number of benzene rings is 1. The molecular weight excluding hydrogens is 292 g/mol. The molecule has 1 aliphatic heterocycles. The number of nitrogens with zero attached hydrogens (tertiary/aromatic N) is 2. The molecule has 3 heterocycles. The fourth-order valence-electron chi connectivity index (χ4n) is 3.13. The lowest BCUT2D eigenvalue weighted by molar-refractivity contribution is 0.315. The van der Waals surface area contributed by atoms with Gasteiger partial charge in [0.15, 0.2) is 11.4 Å². The van der Waals surface area contributed by atoms with Gasteiger partial charge >= 0.3 is 0 Å². The molecule has 1 aliphatic carbocycles. The molecule has 1 aromatic carbocycles. The van der Waals surface area contributed by atoms with E-state index in [1.807, 2.05) is 24.3 Å². The Labute approximate surface area is 132 Å². The Hall–Kier alpha value is -2.80. The predicted octanol–water partition coefficient (Wildman–Crippen LogP) is 2.57. The molecule has 3 aromatic rings. The van der Waals surface area contributed by atoms with E-state index in [1.54, 1.807) is 12.5 Å². The van der Waals surface area contributed by atoms with Crippen molar-refractivity contribution < 1.29 is 4.42 Å². The molecule has 0 amide bonds. The number of nitrogens with one attached hydrogen (secondary N) is 3. The summed E-state index contributed by atoms with van der Waals surface area (Å²) >= 11 is 0. The van der Waals surface area contributed by atoms with Gasteiger partial charge < -0.3 is 20.8 Å². The van der Waals surface area contributed by atoms with Crippen LogP contribution in [0.25, 0.3) is 10.9 Å². The number of aromatic nitrogens is 2. The zero-order valence-corrected chi connectivity index (χ0v) is 12.3. The molecule has 0 spiro atoms. The Kier molecular flexibility index (Phi) is 2.41. The normalized spacial score (nSPS) is 23.3. The van der Waals surface area contributed by atoms with Crippen molar-refractivity contribution in [2.75, 3.05) is 10.6 Å². The quantitative estimate of drug-likeness (QED) is 0.582. The number of furan rings is 1. The van der Waals surface area contributed by atoms with Crippen LogP contribution in [0.1, 0.15) is 18.6 Å². The SMILES string of the molecule is NC1(C2CC2)N=C(Nc2ccc3[nH]ncc3c2)Nc2ccoc21. The number of aliphatic imine (C=N–C) groups is 1. The molecule has 116 valence electrons. The van der Waals surface area contributed by atoms with E-state index in [2.05, 4.69) is 20.8 Å². The second kappa shape index (κ2) is 4.36. The Morgan fingerprint density at radius 2 is 2.22 bits per heavy atom. The minimum atomic E-state index is -0.786. The molecule has 1 unspecified atom stereocenters. The van der Waals surface area contributed by atoms with Crippen LogP contribution in [-0.2, 0) is 5.66 Å². The van der Waals surface area contributed by atoms with Gasteiger partial charge in [0.1, 0.15) is 0 Å². The minimum absolute atomic E-state index is 0.336. The minimum Gasteiger partial charge on any atom is -0.463 e. The van der Waals surface area contributed by atoms with Crippen LogP contribution in [0.3, 0.4) is 0 Å². The smallest absolute Gasteiger partial charge is 0.202 e.